The van der Waals surface area contributed by atoms with Crippen LogP contribution in [-0.4, -0.2) is 21.5 Å². The minimum atomic E-state index is -0.378. The molecule has 0 unspecified atom stereocenters. The number of fused-ring (bicyclic) bond motifs is 2. The zero-order valence-electron chi connectivity index (χ0n) is 18.4. The molecule has 0 radical (unpaired) electrons. The van der Waals surface area contributed by atoms with Crippen molar-refractivity contribution >= 4 is 22.5 Å². The van der Waals surface area contributed by atoms with Crippen molar-refractivity contribution in [3.8, 4) is 5.69 Å². The van der Waals surface area contributed by atoms with Crippen LogP contribution in [-0.2, 0) is 11.2 Å². The number of aryl methyl sites for hydroxylation is 1. The third-order valence-electron chi connectivity index (χ3n) is 6.21. The third-order valence-corrected chi connectivity index (χ3v) is 6.21. The molecule has 3 aromatic carbocycles. The number of benzene rings is 3. The molecule has 5 heteroatoms. The van der Waals surface area contributed by atoms with Crippen LogP contribution in [0.3, 0.4) is 0 Å². The lowest BCUT2D eigenvalue weighted by Crippen LogP contribution is -2.36. The van der Waals surface area contributed by atoms with E-state index in [1.165, 1.54) is 0 Å². The Morgan fingerprint density at radius 2 is 1.53 bits per heavy atom. The summed E-state index contributed by atoms with van der Waals surface area (Å²) in [5.74, 6) is 0.277. The predicted octanol–water partition coefficient (Wildman–Crippen LogP) is 4.78. The van der Waals surface area contributed by atoms with Crippen LogP contribution in [0.5, 0.6) is 0 Å². The Balaban J connectivity index is 1.72. The summed E-state index contributed by atoms with van der Waals surface area (Å²) in [6.45, 7) is 6.03. The summed E-state index contributed by atoms with van der Waals surface area (Å²) < 4.78 is 1.69. The highest BCUT2D eigenvalue weighted by molar-refractivity contribution is 6.05. The lowest BCUT2D eigenvalue weighted by Gasteiger charge is -2.22. The topological polar surface area (TPSA) is 55.2 Å². The monoisotopic (exact) mass is 423 g/mol. The number of hydrogen-bond donors (Lipinski definition) is 0. The van der Waals surface area contributed by atoms with Crippen molar-refractivity contribution in [1.82, 2.24) is 9.55 Å². The fourth-order valence-electron chi connectivity index (χ4n) is 4.71. The molecule has 32 heavy (non-hydrogen) atoms. The van der Waals surface area contributed by atoms with Crippen molar-refractivity contribution in [3.05, 3.63) is 100 Å². The molecule has 0 fully saturated rings. The van der Waals surface area contributed by atoms with Crippen LogP contribution in [0.1, 0.15) is 36.7 Å². The van der Waals surface area contributed by atoms with Crippen LogP contribution in [0.15, 0.2) is 77.6 Å². The van der Waals surface area contributed by atoms with Gasteiger partial charge in [-0.1, -0.05) is 48.5 Å². The summed E-state index contributed by atoms with van der Waals surface area (Å²) in [6.07, 6.45) is 0.355. The van der Waals surface area contributed by atoms with Crippen LogP contribution in [0.2, 0.25) is 0 Å². The highest BCUT2D eigenvalue weighted by Gasteiger charge is 2.39. The molecule has 4 aromatic rings. The van der Waals surface area contributed by atoms with E-state index in [-0.39, 0.29) is 23.4 Å². The lowest BCUT2D eigenvalue weighted by atomic mass is 9.96. The Morgan fingerprint density at radius 3 is 2.28 bits per heavy atom. The Labute approximate surface area is 187 Å². The van der Waals surface area contributed by atoms with Gasteiger partial charge >= 0.3 is 0 Å². The average molecular weight is 424 g/mol. The maximum Gasteiger partial charge on any atom is 0.265 e. The molecule has 0 saturated carbocycles. The maximum absolute atomic E-state index is 13.6. The van der Waals surface area contributed by atoms with Gasteiger partial charge in [-0.15, -0.1) is 0 Å². The maximum atomic E-state index is 13.6. The molecule has 0 spiro atoms. The minimum absolute atomic E-state index is 0.0526. The molecule has 0 saturated heterocycles. The summed E-state index contributed by atoms with van der Waals surface area (Å²) in [6, 6.07) is 23.2. The Hall–Kier alpha value is -3.73. The molecule has 1 atom stereocenters. The first kappa shape index (κ1) is 20.2. The molecule has 2 heterocycles. The van der Waals surface area contributed by atoms with Gasteiger partial charge in [0.2, 0.25) is 5.91 Å². The third kappa shape index (κ3) is 3.12. The van der Waals surface area contributed by atoms with Crippen molar-refractivity contribution in [2.24, 2.45) is 0 Å². The zero-order chi connectivity index (χ0) is 22.4. The second kappa shape index (κ2) is 7.75. The molecule has 0 aliphatic carbocycles. The second-order valence-corrected chi connectivity index (χ2v) is 8.59. The van der Waals surface area contributed by atoms with E-state index in [1.54, 1.807) is 10.6 Å². The molecular formula is C27H25N3O2. The molecule has 5 nitrogen and oxygen atoms in total. The van der Waals surface area contributed by atoms with E-state index in [4.69, 9.17) is 4.98 Å². The van der Waals surface area contributed by atoms with Crippen LogP contribution >= 0.6 is 0 Å². The first-order valence-corrected chi connectivity index (χ1v) is 11.0. The van der Waals surface area contributed by atoms with Gasteiger partial charge in [0.05, 0.1) is 22.5 Å². The van der Waals surface area contributed by atoms with Gasteiger partial charge in [-0.2, -0.15) is 0 Å². The fourth-order valence-corrected chi connectivity index (χ4v) is 4.71. The highest BCUT2D eigenvalue weighted by atomic mass is 16.2. The highest BCUT2D eigenvalue weighted by Crippen LogP contribution is 2.40. The fraction of sp³-hybridized carbons (Fsp3) is 0.222. The van der Waals surface area contributed by atoms with Gasteiger partial charge < -0.3 is 4.90 Å². The van der Waals surface area contributed by atoms with Gasteiger partial charge in [0.15, 0.2) is 0 Å². The van der Waals surface area contributed by atoms with E-state index in [1.807, 2.05) is 92.4 Å². The standard InChI is InChI=1S/C27H25N3O2/c1-17(2)29-24-15-9-6-11-19(24)21(27(29)32)16-25-28-22-13-7-5-12-20(22)26(31)30(25)23-14-8-4-10-18(23)3/h4-15,17,21H,16H2,1-3H3/t21-/m0/s1. The molecular weight excluding hydrogens is 398 g/mol. The Kier molecular flexibility index (Phi) is 4.89. The normalized spacial score (nSPS) is 15.6. The van der Waals surface area contributed by atoms with E-state index >= 15 is 0 Å². The SMILES string of the molecule is Cc1ccccc1-n1c(C[C@@H]2C(=O)N(C(C)C)c3ccccc32)nc2ccccc2c1=O. The van der Waals surface area contributed by atoms with Crippen molar-refractivity contribution < 1.29 is 4.79 Å². The second-order valence-electron chi connectivity index (χ2n) is 8.59. The largest absolute Gasteiger partial charge is 0.309 e. The van der Waals surface area contributed by atoms with Crippen LogP contribution in [0.4, 0.5) is 5.69 Å². The number of aromatic nitrogens is 2. The number of rotatable bonds is 4. The molecule has 0 N–H and O–H groups in total. The summed E-state index contributed by atoms with van der Waals surface area (Å²) >= 11 is 0. The number of hydrogen-bond acceptors (Lipinski definition) is 3. The quantitative estimate of drug-likeness (QED) is 0.475. The number of carbonyl (C=O) groups is 1. The van der Waals surface area contributed by atoms with Gasteiger partial charge in [-0.25, -0.2) is 4.98 Å². The number of anilines is 1. The van der Waals surface area contributed by atoms with E-state index in [2.05, 4.69) is 0 Å². The number of carbonyl (C=O) groups excluding carboxylic acids is 1. The van der Waals surface area contributed by atoms with Crippen molar-refractivity contribution in [1.29, 1.82) is 0 Å². The lowest BCUT2D eigenvalue weighted by molar-refractivity contribution is -0.119. The van der Waals surface area contributed by atoms with E-state index in [0.717, 1.165) is 22.5 Å². The molecule has 160 valence electrons. The predicted molar refractivity (Wildman–Crippen MR) is 128 cm³/mol. The number of amides is 1. The number of nitrogens with zero attached hydrogens (tertiary/aromatic N) is 3. The van der Waals surface area contributed by atoms with Gasteiger partial charge in [-0.05, 0) is 56.2 Å². The first-order valence-electron chi connectivity index (χ1n) is 11.0. The summed E-state index contributed by atoms with van der Waals surface area (Å²) in [5.41, 5.74) is 4.25. The van der Waals surface area contributed by atoms with Gasteiger partial charge in [0, 0.05) is 18.2 Å². The van der Waals surface area contributed by atoms with E-state index in [0.29, 0.717) is 23.1 Å². The number of para-hydroxylation sites is 3. The molecule has 1 aromatic heterocycles. The molecule has 5 rings (SSSR count). The molecule has 1 aliphatic heterocycles. The van der Waals surface area contributed by atoms with Gasteiger partial charge in [0.25, 0.3) is 5.56 Å². The van der Waals surface area contributed by atoms with Crippen molar-refractivity contribution in [2.45, 2.75) is 39.2 Å². The van der Waals surface area contributed by atoms with Gasteiger partial charge in [-0.3, -0.25) is 14.2 Å². The van der Waals surface area contributed by atoms with Crippen molar-refractivity contribution in [3.63, 3.8) is 0 Å². The van der Waals surface area contributed by atoms with Crippen LogP contribution < -0.4 is 10.5 Å². The molecule has 0 bridgehead atoms. The van der Waals surface area contributed by atoms with Crippen LogP contribution in [0.25, 0.3) is 16.6 Å². The molecule has 1 amide bonds. The smallest absolute Gasteiger partial charge is 0.265 e. The first-order chi connectivity index (χ1) is 15.5. The average Bonchev–Trinajstić information content (AvgIpc) is 3.06. The van der Waals surface area contributed by atoms with Crippen molar-refractivity contribution in [2.75, 3.05) is 4.90 Å². The summed E-state index contributed by atoms with van der Waals surface area (Å²) in [5, 5.41) is 0.571. The van der Waals surface area contributed by atoms with Gasteiger partial charge in [0.1, 0.15) is 5.82 Å². The summed E-state index contributed by atoms with van der Waals surface area (Å²) in [4.78, 5) is 33.8. The molecule has 1 aliphatic rings. The zero-order valence-corrected chi connectivity index (χ0v) is 18.4. The Bertz CT molecular complexity index is 1400. The van der Waals surface area contributed by atoms with E-state index in [9.17, 15) is 9.59 Å². The Morgan fingerprint density at radius 1 is 0.875 bits per heavy atom. The minimum Gasteiger partial charge on any atom is -0.309 e. The van der Waals surface area contributed by atoms with E-state index < -0.39 is 0 Å². The van der Waals surface area contributed by atoms with Crippen LogP contribution in [0, 0.1) is 6.92 Å². The summed E-state index contributed by atoms with van der Waals surface area (Å²) in [7, 11) is 0.